The Kier molecular flexibility index (Phi) is 8.53. The number of carbonyl (C=O) groups excluding carboxylic acids is 3. The van der Waals surface area contributed by atoms with Gasteiger partial charge in [-0.3, -0.25) is 9.59 Å². The van der Waals surface area contributed by atoms with E-state index >= 15 is 0 Å². The van der Waals surface area contributed by atoms with Crippen molar-refractivity contribution in [2.24, 2.45) is 5.92 Å². The van der Waals surface area contributed by atoms with Crippen LogP contribution in [0, 0.1) is 5.92 Å². The third-order valence-electron chi connectivity index (χ3n) is 5.32. The van der Waals surface area contributed by atoms with Crippen LogP contribution in [0.2, 0.25) is 10.0 Å². The molecule has 0 heterocycles. The molecule has 3 aromatic carbocycles. The maximum Gasteiger partial charge on any atom is 0.329 e. The largest absolute Gasteiger partial charge is 0.451 e. The summed E-state index contributed by atoms with van der Waals surface area (Å²) in [5.41, 5.74) is 1.17. The van der Waals surface area contributed by atoms with Crippen LogP contribution in [0.1, 0.15) is 26.3 Å². The second-order valence-electron chi connectivity index (χ2n) is 8.30. The Balaban J connectivity index is 1.63. The Hall–Kier alpha value is -3.09. The molecular formula is C26H26Cl2N2O4. The fraction of sp³-hybridized carbons (Fsp3) is 0.269. The van der Waals surface area contributed by atoms with Crippen LogP contribution in [0.5, 0.6) is 0 Å². The third-order valence-corrected chi connectivity index (χ3v) is 5.88. The van der Waals surface area contributed by atoms with Crippen LogP contribution in [-0.2, 0) is 25.5 Å². The Morgan fingerprint density at radius 1 is 0.941 bits per heavy atom. The number of ether oxygens (including phenoxy) is 1. The molecule has 0 spiro atoms. The van der Waals surface area contributed by atoms with Gasteiger partial charge in [0.2, 0.25) is 5.91 Å². The van der Waals surface area contributed by atoms with E-state index in [1.54, 1.807) is 26.0 Å². The summed E-state index contributed by atoms with van der Waals surface area (Å²) in [5, 5.41) is 8.07. The minimum atomic E-state index is -1.11. The van der Waals surface area contributed by atoms with Crippen molar-refractivity contribution in [2.75, 3.05) is 5.32 Å². The van der Waals surface area contributed by atoms with E-state index in [1.807, 2.05) is 42.5 Å². The molecule has 0 saturated heterocycles. The molecular weight excluding hydrogens is 475 g/mol. The monoisotopic (exact) mass is 500 g/mol. The van der Waals surface area contributed by atoms with Crippen molar-refractivity contribution in [1.29, 1.82) is 0 Å². The number of hydrogen-bond donors (Lipinski definition) is 2. The summed E-state index contributed by atoms with van der Waals surface area (Å²) in [6.45, 7) is 5.03. The lowest BCUT2D eigenvalue weighted by molar-refractivity contribution is -0.157. The molecule has 0 radical (unpaired) electrons. The molecule has 2 atom stereocenters. The number of anilines is 1. The van der Waals surface area contributed by atoms with E-state index in [1.165, 1.54) is 13.0 Å². The fourth-order valence-corrected chi connectivity index (χ4v) is 3.81. The number of halogens is 2. The zero-order valence-corrected chi connectivity index (χ0v) is 20.6. The van der Waals surface area contributed by atoms with E-state index < -0.39 is 24.0 Å². The summed E-state index contributed by atoms with van der Waals surface area (Å²) in [5.74, 6) is -1.82. The Bertz CT molecular complexity index is 1210. The molecule has 0 aliphatic carbocycles. The molecule has 6 nitrogen and oxygen atoms in total. The lowest BCUT2D eigenvalue weighted by atomic mass is 10.0. The molecule has 3 rings (SSSR count). The van der Waals surface area contributed by atoms with Crippen LogP contribution in [-0.4, -0.2) is 29.9 Å². The smallest absolute Gasteiger partial charge is 0.329 e. The Labute approximate surface area is 208 Å². The average Bonchev–Trinajstić information content (AvgIpc) is 2.79. The summed E-state index contributed by atoms with van der Waals surface area (Å²) in [6.07, 6.45) is -1.000. The first kappa shape index (κ1) is 25.5. The van der Waals surface area contributed by atoms with E-state index in [0.717, 1.165) is 16.3 Å². The first-order valence-corrected chi connectivity index (χ1v) is 11.6. The summed E-state index contributed by atoms with van der Waals surface area (Å²) in [4.78, 5) is 38.1. The minimum Gasteiger partial charge on any atom is -0.451 e. The lowest BCUT2D eigenvalue weighted by Gasteiger charge is -2.23. The number of carbonyl (C=O) groups is 3. The van der Waals surface area contributed by atoms with E-state index in [0.29, 0.717) is 15.7 Å². The maximum absolute atomic E-state index is 12.8. The van der Waals surface area contributed by atoms with Gasteiger partial charge in [0, 0.05) is 5.02 Å². The molecule has 0 aliphatic heterocycles. The van der Waals surface area contributed by atoms with Crippen molar-refractivity contribution >= 4 is 57.4 Å². The van der Waals surface area contributed by atoms with Gasteiger partial charge in [-0.2, -0.15) is 0 Å². The first-order chi connectivity index (χ1) is 16.2. The van der Waals surface area contributed by atoms with Crippen molar-refractivity contribution in [3.05, 3.63) is 76.3 Å². The number of hydrogen-bond acceptors (Lipinski definition) is 4. The van der Waals surface area contributed by atoms with Gasteiger partial charge < -0.3 is 15.4 Å². The first-order valence-electron chi connectivity index (χ1n) is 10.9. The number of esters is 1. The predicted octanol–water partition coefficient (Wildman–Crippen LogP) is 5.40. The van der Waals surface area contributed by atoms with E-state index in [9.17, 15) is 14.4 Å². The molecule has 0 unspecified atom stereocenters. The second-order valence-corrected chi connectivity index (χ2v) is 9.14. The standard InChI is InChI=1S/C26H26Cl2N2O4/c1-15(2)24(30-23(31)13-18-9-6-8-17-7-4-5-10-20(17)18)26(33)34-16(3)25(32)29-22-14-19(27)11-12-21(22)28/h4-12,14-16,24H,13H2,1-3H3,(H,29,32)(H,30,31)/t16-,24-/m0/s1. The van der Waals surface area contributed by atoms with Crippen molar-refractivity contribution in [1.82, 2.24) is 5.32 Å². The zero-order valence-electron chi connectivity index (χ0n) is 19.1. The van der Waals surface area contributed by atoms with Crippen LogP contribution < -0.4 is 10.6 Å². The topological polar surface area (TPSA) is 84.5 Å². The molecule has 2 amide bonds. The van der Waals surface area contributed by atoms with Gasteiger partial charge in [-0.1, -0.05) is 79.5 Å². The summed E-state index contributed by atoms with van der Waals surface area (Å²) in [6, 6.07) is 17.3. The quantitative estimate of drug-likeness (QED) is 0.405. The Morgan fingerprint density at radius 2 is 1.65 bits per heavy atom. The van der Waals surface area contributed by atoms with Crippen molar-refractivity contribution in [3.8, 4) is 0 Å². The SMILES string of the molecule is CC(C)[C@H](NC(=O)Cc1cccc2ccccc12)C(=O)O[C@@H](C)C(=O)Nc1cc(Cl)ccc1Cl. The highest BCUT2D eigenvalue weighted by molar-refractivity contribution is 6.35. The highest BCUT2D eigenvalue weighted by Gasteiger charge is 2.29. The zero-order chi connectivity index (χ0) is 24.8. The fourth-order valence-electron chi connectivity index (χ4n) is 3.47. The number of fused-ring (bicyclic) bond motifs is 1. The van der Waals surface area contributed by atoms with Gasteiger partial charge in [0.1, 0.15) is 6.04 Å². The molecule has 8 heteroatoms. The molecule has 178 valence electrons. The van der Waals surface area contributed by atoms with Gasteiger partial charge in [0.25, 0.3) is 5.91 Å². The molecule has 34 heavy (non-hydrogen) atoms. The van der Waals surface area contributed by atoms with Gasteiger partial charge in [-0.15, -0.1) is 0 Å². The molecule has 0 aliphatic rings. The van der Waals surface area contributed by atoms with E-state index in [4.69, 9.17) is 27.9 Å². The molecule has 0 bridgehead atoms. The predicted molar refractivity (Wildman–Crippen MR) is 135 cm³/mol. The van der Waals surface area contributed by atoms with Crippen LogP contribution in [0.15, 0.2) is 60.7 Å². The number of amides is 2. The summed E-state index contributed by atoms with van der Waals surface area (Å²) < 4.78 is 5.36. The minimum absolute atomic E-state index is 0.112. The summed E-state index contributed by atoms with van der Waals surface area (Å²) >= 11 is 12.0. The van der Waals surface area contributed by atoms with Crippen LogP contribution in [0.4, 0.5) is 5.69 Å². The van der Waals surface area contributed by atoms with E-state index in [-0.39, 0.29) is 18.2 Å². The maximum atomic E-state index is 12.8. The summed E-state index contributed by atoms with van der Waals surface area (Å²) in [7, 11) is 0. The molecule has 0 fully saturated rings. The Morgan fingerprint density at radius 3 is 2.38 bits per heavy atom. The van der Waals surface area contributed by atoms with Gasteiger partial charge in [0.05, 0.1) is 17.1 Å². The highest BCUT2D eigenvalue weighted by atomic mass is 35.5. The van der Waals surface area contributed by atoms with Gasteiger partial charge in [-0.05, 0) is 47.4 Å². The second kappa shape index (κ2) is 11.4. The van der Waals surface area contributed by atoms with E-state index in [2.05, 4.69) is 10.6 Å². The van der Waals surface area contributed by atoms with Gasteiger partial charge in [0.15, 0.2) is 6.10 Å². The average molecular weight is 501 g/mol. The molecule has 3 aromatic rings. The van der Waals surface area contributed by atoms with Crippen LogP contribution in [0.3, 0.4) is 0 Å². The van der Waals surface area contributed by atoms with Gasteiger partial charge in [-0.25, -0.2) is 4.79 Å². The van der Waals surface area contributed by atoms with Crippen molar-refractivity contribution in [3.63, 3.8) is 0 Å². The number of benzene rings is 3. The van der Waals surface area contributed by atoms with Crippen molar-refractivity contribution < 1.29 is 19.1 Å². The third kappa shape index (κ3) is 6.49. The molecule has 0 aromatic heterocycles. The normalized spacial score (nSPS) is 12.8. The van der Waals surface area contributed by atoms with Crippen LogP contribution >= 0.6 is 23.2 Å². The molecule has 0 saturated carbocycles. The lowest BCUT2D eigenvalue weighted by Crippen LogP contribution is -2.47. The van der Waals surface area contributed by atoms with Crippen LogP contribution in [0.25, 0.3) is 10.8 Å². The number of rotatable bonds is 8. The van der Waals surface area contributed by atoms with Crippen molar-refractivity contribution in [2.45, 2.75) is 39.3 Å². The molecule has 2 N–H and O–H groups in total. The number of nitrogens with one attached hydrogen (secondary N) is 2. The highest BCUT2D eigenvalue weighted by Crippen LogP contribution is 2.25. The van der Waals surface area contributed by atoms with Gasteiger partial charge >= 0.3 is 5.97 Å².